The second-order valence-electron chi connectivity index (χ2n) is 10.6. The topological polar surface area (TPSA) is 94.1 Å². The fraction of sp³-hybridized carbons (Fsp3) is 0.520. The molecule has 0 aliphatic carbocycles. The quantitative estimate of drug-likeness (QED) is 0.364. The summed E-state index contributed by atoms with van der Waals surface area (Å²) in [4.78, 5) is 0.799. The van der Waals surface area contributed by atoms with Crippen molar-refractivity contribution in [2.75, 3.05) is 13.2 Å². The van der Waals surface area contributed by atoms with E-state index in [-0.39, 0.29) is 28.7 Å². The van der Waals surface area contributed by atoms with Crippen molar-refractivity contribution in [1.29, 1.82) is 0 Å². The van der Waals surface area contributed by atoms with Gasteiger partial charge in [-0.05, 0) is 62.2 Å². The SMILES string of the molecule is Cc1ccc(S(=O)(=O)OC[C@@H]2CC[C@@H](NS(=O)(=N[Si](C)(C)C(C)(C)C)c3ccccc3)CO2)cc1. The van der Waals surface area contributed by atoms with Crippen LogP contribution in [0.15, 0.2) is 68.4 Å². The number of nitrogens with zero attached hydrogens (tertiary/aromatic N) is 1. The van der Waals surface area contributed by atoms with Crippen molar-refractivity contribution in [3.05, 3.63) is 60.2 Å². The molecule has 1 aliphatic heterocycles. The van der Waals surface area contributed by atoms with Gasteiger partial charge in [-0.1, -0.05) is 56.7 Å². The summed E-state index contributed by atoms with van der Waals surface area (Å²) in [5.41, 5.74) is 0.977. The van der Waals surface area contributed by atoms with Crippen molar-refractivity contribution in [3.63, 3.8) is 0 Å². The summed E-state index contributed by atoms with van der Waals surface area (Å²) in [6, 6.07) is 15.7. The molecule has 10 heteroatoms. The zero-order valence-electron chi connectivity index (χ0n) is 21.5. The van der Waals surface area contributed by atoms with E-state index >= 15 is 0 Å². The van der Waals surface area contributed by atoms with Crippen molar-refractivity contribution >= 4 is 28.3 Å². The molecule has 2 aromatic carbocycles. The predicted molar refractivity (Wildman–Crippen MR) is 143 cm³/mol. The normalized spacial score (nSPS) is 21.3. The lowest BCUT2D eigenvalue weighted by atomic mass is 10.1. The van der Waals surface area contributed by atoms with Gasteiger partial charge in [-0.25, -0.2) is 8.93 Å². The van der Waals surface area contributed by atoms with Crippen molar-refractivity contribution in [2.45, 2.75) is 80.6 Å². The molecular formula is C25H38N2O5S2Si. The summed E-state index contributed by atoms with van der Waals surface area (Å²) >= 11 is 0. The molecule has 0 radical (unpaired) electrons. The van der Waals surface area contributed by atoms with Gasteiger partial charge in [-0.3, -0.25) is 8.21 Å². The van der Waals surface area contributed by atoms with Gasteiger partial charge in [-0.2, -0.15) is 8.42 Å². The number of rotatable bonds is 8. The van der Waals surface area contributed by atoms with Gasteiger partial charge >= 0.3 is 0 Å². The van der Waals surface area contributed by atoms with E-state index in [0.29, 0.717) is 24.3 Å². The zero-order valence-corrected chi connectivity index (χ0v) is 24.1. The first-order valence-corrected chi connectivity index (χ1v) is 17.8. The Labute approximate surface area is 212 Å². The van der Waals surface area contributed by atoms with Gasteiger partial charge in [0.15, 0.2) is 8.24 Å². The maximum absolute atomic E-state index is 14.2. The number of ether oxygens (including phenoxy) is 1. The molecular weight excluding hydrogens is 501 g/mol. The van der Waals surface area contributed by atoms with E-state index in [1.807, 2.05) is 37.3 Å². The average Bonchev–Trinajstić information content (AvgIpc) is 2.78. The molecule has 1 N–H and O–H groups in total. The Hall–Kier alpha value is -1.56. The van der Waals surface area contributed by atoms with Crippen LogP contribution in [0.3, 0.4) is 0 Å². The molecule has 1 saturated heterocycles. The Kier molecular flexibility index (Phi) is 8.66. The van der Waals surface area contributed by atoms with Crippen molar-refractivity contribution in [2.24, 2.45) is 4.03 Å². The highest BCUT2D eigenvalue weighted by atomic mass is 32.2. The lowest BCUT2D eigenvalue weighted by molar-refractivity contribution is -0.0210. The molecule has 0 aromatic heterocycles. The van der Waals surface area contributed by atoms with E-state index < -0.39 is 28.3 Å². The molecule has 1 aliphatic rings. The van der Waals surface area contributed by atoms with E-state index in [9.17, 15) is 12.6 Å². The molecule has 194 valence electrons. The Morgan fingerprint density at radius 3 is 2.17 bits per heavy atom. The van der Waals surface area contributed by atoms with E-state index in [4.69, 9.17) is 12.9 Å². The molecule has 35 heavy (non-hydrogen) atoms. The molecule has 2 aromatic rings. The monoisotopic (exact) mass is 538 g/mol. The number of benzene rings is 2. The van der Waals surface area contributed by atoms with Crippen LogP contribution in [-0.2, 0) is 29.0 Å². The molecule has 0 saturated carbocycles. The van der Waals surface area contributed by atoms with Gasteiger partial charge in [-0.15, -0.1) is 0 Å². The highest BCUT2D eigenvalue weighted by molar-refractivity contribution is 7.92. The molecule has 1 fully saturated rings. The van der Waals surface area contributed by atoms with E-state index in [1.54, 1.807) is 24.3 Å². The van der Waals surface area contributed by atoms with Crippen LogP contribution in [-0.4, -0.2) is 46.2 Å². The van der Waals surface area contributed by atoms with Crippen LogP contribution in [0.25, 0.3) is 0 Å². The second-order valence-corrected chi connectivity index (χ2v) is 19.4. The van der Waals surface area contributed by atoms with Gasteiger partial charge < -0.3 is 4.74 Å². The number of aryl methyl sites for hydroxylation is 1. The van der Waals surface area contributed by atoms with Crippen molar-refractivity contribution < 1.29 is 21.5 Å². The fourth-order valence-electron chi connectivity index (χ4n) is 3.41. The third-order valence-electron chi connectivity index (χ3n) is 6.67. The minimum Gasteiger partial charge on any atom is -0.374 e. The molecule has 7 nitrogen and oxygen atoms in total. The van der Waals surface area contributed by atoms with Crippen LogP contribution < -0.4 is 4.72 Å². The fourth-order valence-corrected chi connectivity index (χ4v) is 9.94. The highest BCUT2D eigenvalue weighted by Gasteiger charge is 2.38. The molecule has 0 spiro atoms. The molecule has 0 bridgehead atoms. The van der Waals surface area contributed by atoms with Gasteiger partial charge in [0.2, 0.25) is 0 Å². The third kappa shape index (κ3) is 7.24. The van der Waals surface area contributed by atoms with Crippen LogP contribution in [0, 0.1) is 6.92 Å². The lowest BCUT2D eigenvalue weighted by Crippen LogP contribution is -2.46. The Bertz CT molecular complexity index is 1210. The van der Waals surface area contributed by atoms with Crippen LogP contribution in [0.2, 0.25) is 18.1 Å². The Morgan fingerprint density at radius 2 is 1.63 bits per heavy atom. The summed E-state index contributed by atoms with van der Waals surface area (Å²) in [5, 5.41) is -0.0550. The molecule has 0 amide bonds. The van der Waals surface area contributed by atoms with Crippen molar-refractivity contribution in [1.82, 2.24) is 4.72 Å². The first-order chi connectivity index (χ1) is 16.2. The summed E-state index contributed by atoms with van der Waals surface area (Å²) in [7, 11) is -8.94. The van der Waals surface area contributed by atoms with Crippen LogP contribution in [0.5, 0.6) is 0 Å². The molecule has 3 rings (SSSR count). The van der Waals surface area contributed by atoms with E-state index in [1.165, 1.54) is 0 Å². The largest absolute Gasteiger partial charge is 0.374 e. The zero-order chi connectivity index (χ0) is 25.9. The number of hydrogen-bond acceptors (Lipinski definition) is 6. The van der Waals surface area contributed by atoms with Gasteiger partial charge in [0, 0.05) is 6.04 Å². The average molecular weight is 539 g/mol. The van der Waals surface area contributed by atoms with Crippen LogP contribution >= 0.6 is 0 Å². The molecule has 1 heterocycles. The first kappa shape index (κ1) is 28.0. The second kappa shape index (κ2) is 10.8. The van der Waals surface area contributed by atoms with Crippen LogP contribution in [0.1, 0.15) is 39.2 Å². The smallest absolute Gasteiger partial charge is 0.297 e. The predicted octanol–water partition coefficient (Wildman–Crippen LogP) is 5.28. The summed E-state index contributed by atoms with van der Waals surface area (Å²) in [6.07, 6.45) is 0.916. The maximum Gasteiger partial charge on any atom is 0.297 e. The molecule has 3 atom stereocenters. The highest BCUT2D eigenvalue weighted by Crippen LogP contribution is 2.38. The van der Waals surface area contributed by atoms with Crippen LogP contribution in [0.4, 0.5) is 0 Å². The van der Waals surface area contributed by atoms with Crippen molar-refractivity contribution in [3.8, 4) is 0 Å². The third-order valence-corrected chi connectivity index (χ3v) is 16.1. The summed E-state index contributed by atoms with van der Waals surface area (Å²) in [5.74, 6) is 0. The van der Waals surface area contributed by atoms with Gasteiger partial charge in [0.1, 0.15) is 9.92 Å². The Balaban J connectivity index is 1.67. The summed E-state index contributed by atoms with van der Waals surface area (Å²) in [6.45, 7) is 12.9. The first-order valence-electron chi connectivity index (χ1n) is 11.9. The number of hydrogen-bond donors (Lipinski definition) is 1. The van der Waals surface area contributed by atoms with E-state index in [0.717, 1.165) is 5.56 Å². The Morgan fingerprint density at radius 1 is 1.00 bits per heavy atom. The summed E-state index contributed by atoms with van der Waals surface area (Å²) < 4.78 is 58.7. The lowest BCUT2D eigenvalue weighted by Gasteiger charge is -2.35. The standard InChI is InChI=1S/C25H38N2O5S2Si/c1-20-12-16-24(17-13-20)34(29,30)32-19-22-15-14-21(18-31-22)26-33(28,23-10-8-7-9-11-23)27-35(5,6)25(2,3)4/h7-13,16-17,21-22H,14-15,18-19H2,1-6H3,(H,26,27,28)/t21-,22+,33?/m1/s1. The van der Waals surface area contributed by atoms with Gasteiger partial charge in [0.25, 0.3) is 10.1 Å². The minimum atomic E-state index is -3.84. The van der Waals surface area contributed by atoms with E-state index in [2.05, 4.69) is 38.6 Å². The number of nitrogens with one attached hydrogen (secondary N) is 1. The minimum absolute atomic E-state index is 0.0503. The van der Waals surface area contributed by atoms with Gasteiger partial charge in [0.05, 0.1) is 29.1 Å². The maximum atomic E-state index is 14.2. The molecule has 1 unspecified atom stereocenters.